The van der Waals surface area contributed by atoms with E-state index in [2.05, 4.69) is 4.72 Å². The summed E-state index contributed by atoms with van der Waals surface area (Å²) in [5.74, 6) is -2.12. The molecule has 0 atom stereocenters. The van der Waals surface area contributed by atoms with Gasteiger partial charge < -0.3 is 5.11 Å². The molecular formula is C9H11FN2O4S. The van der Waals surface area contributed by atoms with Gasteiger partial charge in [0.05, 0.1) is 11.3 Å². The fourth-order valence-electron chi connectivity index (χ4n) is 1.11. The molecule has 1 aromatic rings. The zero-order valence-corrected chi connectivity index (χ0v) is 9.71. The van der Waals surface area contributed by atoms with E-state index >= 15 is 0 Å². The SMILES string of the molecule is CCNS(=O)(=O)Nc1cc(C(=O)O)ccc1F. The normalized spacial score (nSPS) is 11.2. The Kier molecular flexibility index (Phi) is 4.02. The van der Waals surface area contributed by atoms with Crippen LogP contribution in [0.25, 0.3) is 0 Å². The van der Waals surface area contributed by atoms with Crippen molar-refractivity contribution in [3.63, 3.8) is 0 Å². The van der Waals surface area contributed by atoms with E-state index in [9.17, 15) is 17.6 Å². The fourth-order valence-corrected chi connectivity index (χ4v) is 2.01. The topological polar surface area (TPSA) is 95.5 Å². The summed E-state index contributed by atoms with van der Waals surface area (Å²) in [6, 6.07) is 2.84. The van der Waals surface area contributed by atoms with Crippen LogP contribution < -0.4 is 9.44 Å². The quantitative estimate of drug-likeness (QED) is 0.731. The van der Waals surface area contributed by atoms with Gasteiger partial charge in [-0.15, -0.1) is 0 Å². The molecule has 6 nitrogen and oxygen atoms in total. The van der Waals surface area contributed by atoms with Gasteiger partial charge in [0, 0.05) is 6.54 Å². The molecule has 1 rings (SSSR count). The Morgan fingerprint density at radius 3 is 2.65 bits per heavy atom. The number of benzene rings is 1. The fraction of sp³-hybridized carbons (Fsp3) is 0.222. The highest BCUT2D eigenvalue weighted by molar-refractivity contribution is 7.90. The van der Waals surface area contributed by atoms with Crippen LogP contribution in [0.5, 0.6) is 0 Å². The maximum absolute atomic E-state index is 13.3. The smallest absolute Gasteiger partial charge is 0.335 e. The van der Waals surface area contributed by atoms with Gasteiger partial charge in [-0.2, -0.15) is 13.1 Å². The molecule has 0 fully saturated rings. The summed E-state index contributed by atoms with van der Waals surface area (Å²) in [7, 11) is -3.88. The number of nitrogens with one attached hydrogen (secondary N) is 2. The number of carboxylic acids is 1. The first-order valence-electron chi connectivity index (χ1n) is 4.66. The molecule has 0 spiro atoms. The minimum absolute atomic E-state index is 0.134. The van der Waals surface area contributed by atoms with Crippen LogP contribution in [0.15, 0.2) is 18.2 Å². The van der Waals surface area contributed by atoms with Crippen molar-refractivity contribution in [2.75, 3.05) is 11.3 Å². The van der Waals surface area contributed by atoms with E-state index in [1.165, 1.54) is 0 Å². The Morgan fingerprint density at radius 2 is 2.12 bits per heavy atom. The van der Waals surface area contributed by atoms with Crippen LogP contribution in [0, 0.1) is 5.82 Å². The van der Waals surface area contributed by atoms with Crippen molar-refractivity contribution >= 4 is 21.9 Å². The molecule has 0 saturated heterocycles. The van der Waals surface area contributed by atoms with E-state index < -0.39 is 27.7 Å². The number of rotatable bonds is 5. The standard InChI is InChI=1S/C9H11FN2O4S/c1-2-11-17(15,16)12-8-5-6(9(13)14)3-4-7(8)10/h3-5,11-12H,2H2,1H3,(H,13,14). The van der Waals surface area contributed by atoms with Gasteiger partial charge in [-0.3, -0.25) is 4.72 Å². The van der Waals surface area contributed by atoms with Gasteiger partial charge in [0.25, 0.3) is 10.2 Å². The lowest BCUT2D eigenvalue weighted by Crippen LogP contribution is -2.30. The van der Waals surface area contributed by atoms with Crippen molar-refractivity contribution in [3.05, 3.63) is 29.6 Å². The van der Waals surface area contributed by atoms with Gasteiger partial charge in [-0.1, -0.05) is 6.92 Å². The highest BCUT2D eigenvalue weighted by atomic mass is 32.2. The summed E-state index contributed by atoms with van der Waals surface area (Å²) in [5.41, 5.74) is -0.619. The molecule has 0 heterocycles. The molecule has 94 valence electrons. The van der Waals surface area contributed by atoms with Gasteiger partial charge in [-0.05, 0) is 18.2 Å². The second kappa shape index (κ2) is 5.11. The number of carbonyl (C=O) groups is 1. The second-order valence-corrected chi connectivity index (χ2v) is 4.60. The van der Waals surface area contributed by atoms with E-state index in [-0.39, 0.29) is 12.1 Å². The predicted octanol–water partition coefficient (Wildman–Crippen LogP) is 0.790. The highest BCUT2D eigenvalue weighted by Gasteiger charge is 2.13. The molecule has 0 aliphatic rings. The molecule has 8 heteroatoms. The van der Waals surface area contributed by atoms with Crippen LogP contribution in [-0.4, -0.2) is 26.0 Å². The Morgan fingerprint density at radius 1 is 1.47 bits per heavy atom. The van der Waals surface area contributed by atoms with Crippen molar-refractivity contribution in [1.29, 1.82) is 0 Å². The maximum atomic E-state index is 13.3. The lowest BCUT2D eigenvalue weighted by molar-refractivity contribution is 0.0697. The summed E-state index contributed by atoms with van der Waals surface area (Å²) >= 11 is 0. The third-order valence-corrected chi connectivity index (χ3v) is 2.95. The number of halogens is 1. The molecule has 0 aliphatic carbocycles. The Labute approximate surface area is 97.6 Å². The van der Waals surface area contributed by atoms with E-state index in [0.29, 0.717) is 0 Å². The largest absolute Gasteiger partial charge is 0.478 e. The summed E-state index contributed by atoms with van der Waals surface area (Å²) in [6.07, 6.45) is 0. The summed E-state index contributed by atoms with van der Waals surface area (Å²) < 4.78 is 39.8. The first kappa shape index (κ1) is 13.4. The van der Waals surface area contributed by atoms with Crippen molar-refractivity contribution in [1.82, 2.24) is 4.72 Å². The minimum atomic E-state index is -3.88. The van der Waals surface area contributed by atoms with Crippen LogP contribution in [0.4, 0.5) is 10.1 Å². The first-order chi connectivity index (χ1) is 7.85. The van der Waals surface area contributed by atoms with Gasteiger partial charge in [-0.25, -0.2) is 9.18 Å². The third kappa shape index (κ3) is 3.68. The molecule has 1 aromatic carbocycles. The molecule has 0 aliphatic heterocycles. The Bertz CT molecular complexity index is 530. The molecule has 0 unspecified atom stereocenters. The second-order valence-electron chi connectivity index (χ2n) is 3.10. The van der Waals surface area contributed by atoms with Gasteiger partial charge >= 0.3 is 5.97 Å². The lowest BCUT2D eigenvalue weighted by Gasteiger charge is -2.09. The lowest BCUT2D eigenvalue weighted by atomic mass is 10.2. The van der Waals surface area contributed by atoms with Gasteiger partial charge in [0.2, 0.25) is 0 Å². The molecular weight excluding hydrogens is 251 g/mol. The molecule has 0 saturated carbocycles. The summed E-state index contributed by atoms with van der Waals surface area (Å²) in [6.45, 7) is 1.69. The molecule has 17 heavy (non-hydrogen) atoms. The summed E-state index contributed by atoms with van der Waals surface area (Å²) in [4.78, 5) is 10.6. The van der Waals surface area contributed by atoms with E-state index in [1.54, 1.807) is 6.92 Å². The van der Waals surface area contributed by atoms with Crippen molar-refractivity contribution in [3.8, 4) is 0 Å². The van der Waals surface area contributed by atoms with Crippen LogP contribution in [0.3, 0.4) is 0 Å². The molecule has 0 amide bonds. The molecule has 0 radical (unpaired) electrons. The van der Waals surface area contributed by atoms with Crippen LogP contribution in [0.1, 0.15) is 17.3 Å². The number of hydrogen-bond donors (Lipinski definition) is 3. The first-order valence-corrected chi connectivity index (χ1v) is 6.14. The predicted molar refractivity (Wildman–Crippen MR) is 59.6 cm³/mol. The van der Waals surface area contributed by atoms with Crippen LogP contribution in [0.2, 0.25) is 0 Å². The van der Waals surface area contributed by atoms with Crippen molar-refractivity contribution < 1.29 is 22.7 Å². The van der Waals surface area contributed by atoms with Gasteiger partial charge in [0.1, 0.15) is 5.82 Å². The van der Waals surface area contributed by atoms with Crippen molar-refractivity contribution in [2.24, 2.45) is 0 Å². The number of anilines is 1. The zero-order chi connectivity index (χ0) is 13.1. The molecule has 0 aromatic heterocycles. The monoisotopic (exact) mass is 262 g/mol. The average molecular weight is 262 g/mol. The zero-order valence-electron chi connectivity index (χ0n) is 8.90. The maximum Gasteiger partial charge on any atom is 0.335 e. The Hall–Kier alpha value is -1.67. The van der Waals surface area contributed by atoms with Gasteiger partial charge in [0.15, 0.2) is 0 Å². The number of carboxylic acid groups (broad SMARTS) is 1. The Balaban J connectivity index is 3.06. The molecule has 0 bridgehead atoms. The third-order valence-electron chi connectivity index (χ3n) is 1.79. The van der Waals surface area contributed by atoms with E-state index in [4.69, 9.17) is 5.11 Å². The summed E-state index contributed by atoms with van der Waals surface area (Å²) in [5, 5.41) is 8.69. The van der Waals surface area contributed by atoms with Crippen LogP contribution >= 0.6 is 0 Å². The minimum Gasteiger partial charge on any atom is -0.478 e. The van der Waals surface area contributed by atoms with E-state index in [0.717, 1.165) is 18.2 Å². The van der Waals surface area contributed by atoms with E-state index in [1.807, 2.05) is 4.72 Å². The van der Waals surface area contributed by atoms with Crippen molar-refractivity contribution in [2.45, 2.75) is 6.92 Å². The average Bonchev–Trinajstić information content (AvgIpc) is 2.20. The molecule has 3 N–H and O–H groups in total. The number of aromatic carboxylic acids is 1. The van der Waals surface area contributed by atoms with Crippen LogP contribution in [-0.2, 0) is 10.2 Å². The highest BCUT2D eigenvalue weighted by Crippen LogP contribution is 2.17. The number of hydrogen-bond acceptors (Lipinski definition) is 3.